The number of carbonyl (C=O) groups is 1. The first-order valence-electron chi connectivity index (χ1n) is 4.99. The minimum atomic E-state index is -0.930. The molecule has 0 aromatic carbocycles. The topological polar surface area (TPSA) is 61.5 Å². The van der Waals surface area contributed by atoms with Crippen molar-refractivity contribution in [3.8, 4) is 0 Å². The van der Waals surface area contributed by atoms with Gasteiger partial charge in [-0.15, -0.1) is 0 Å². The molecule has 0 aliphatic rings. The lowest BCUT2D eigenvalue weighted by molar-refractivity contribution is -0.147. The Morgan fingerprint density at radius 1 is 1.43 bits per heavy atom. The third-order valence-corrected chi connectivity index (χ3v) is 2.06. The molecule has 0 aliphatic carbocycles. The molecule has 0 amide bonds. The van der Waals surface area contributed by atoms with E-state index in [1.54, 1.807) is 6.92 Å². The molecule has 0 rings (SSSR count). The van der Waals surface area contributed by atoms with Gasteiger partial charge in [0.15, 0.2) is 0 Å². The molecule has 4 heteroatoms. The zero-order valence-electron chi connectivity index (χ0n) is 9.34. The standard InChI is InChI=1S/C10H21NO3/c1-4-5-7-14-8-6-10(2,11)9(12)13-3/h4-8,11H2,1-3H3. The fourth-order valence-electron chi connectivity index (χ4n) is 0.968. The highest BCUT2D eigenvalue weighted by Gasteiger charge is 2.28. The normalized spacial score (nSPS) is 14.9. The van der Waals surface area contributed by atoms with E-state index in [4.69, 9.17) is 10.5 Å². The second-order valence-electron chi connectivity index (χ2n) is 3.62. The molecule has 0 aliphatic heterocycles. The van der Waals surface area contributed by atoms with Gasteiger partial charge < -0.3 is 15.2 Å². The Labute approximate surface area is 85.8 Å². The molecule has 1 atom stereocenters. The minimum absolute atomic E-state index is 0.392. The Hall–Kier alpha value is -0.610. The van der Waals surface area contributed by atoms with Crippen LogP contribution in [0.15, 0.2) is 0 Å². The zero-order chi connectivity index (χ0) is 11.0. The molecule has 0 heterocycles. The molecule has 0 saturated carbocycles. The van der Waals surface area contributed by atoms with E-state index in [0.29, 0.717) is 13.0 Å². The minimum Gasteiger partial charge on any atom is -0.468 e. The molecule has 0 bridgehead atoms. The van der Waals surface area contributed by atoms with Gasteiger partial charge in [-0.2, -0.15) is 0 Å². The van der Waals surface area contributed by atoms with E-state index < -0.39 is 11.5 Å². The van der Waals surface area contributed by atoms with Gasteiger partial charge in [-0.3, -0.25) is 4.79 Å². The zero-order valence-corrected chi connectivity index (χ0v) is 9.34. The van der Waals surface area contributed by atoms with E-state index in [2.05, 4.69) is 11.7 Å². The molecule has 4 nitrogen and oxygen atoms in total. The Morgan fingerprint density at radius 2 is 2.07 bits per heavy atom. The lowest BCUT2D eigenvalue weighted by Gasteiger charge is -2.20. The van der Waals surface area contributed by atoms with E-state index in [1.807, 2.05) is 0 Å². The third kappa shape index (κ3) is 5.19. The van der Waals surface area contributed by atoms with Gasteiger partial charge in [0.05, 0.1) is 7.11 Å². The number of ether oxygens (including phenoxy) is 2. The molecular formula is C10H21NO3. The van der Waals surface area contributed by atoms with E-state index in [-0.39, 0.29) is 0 Å². The molecule has 84 valence electrons. The van der Waals surface area contributed by atoms with Crippen LogP contribution >= 0.6 is 0 Å². The Kier molecular flexibility index (Phi) is 6.49. The maximum absolute atomic E-state index is 11.2. The molecule has 0 aromatic heterocycles. The van der Waals surface area contributed by atoms with Crippen molar-refractivity contribution in [1.82, 2.24) is 0 Å². The fraction of sp³-hybridized carbons (Fsp3) is 0.900. The first-order chi connectivity index (χ1) is 6.54. The van der Waals surface area contributed by atoms with Crippen LogP contribution < -0.4 is 5.73 Å². The molecular weight excluding hydrogens is 182 g/mol. The van der Waals surface area contributed by atoms with Crippen LogP contribution in [-0.4, -0.2) is 31.8 Å². The Bertz CT molecular complexity index is 169. The highest BCUT2D eigenvalue weighted by Crippen LogP contribution is 2.07. The molecule has 0 saturated heterocycles. The van der Waals surface area contributed by atoms with Gasteiger partial charge in [-0.25, -0.2) is 0 Å². The number of nitrogens with two attached hydrogens (primary N) is 1. The maximum Gasteiger partial charge on any atom is 0.325 e. The third-order valence-electron chi connectivity index (χ3n) is 2.06. The summed E-state index contributed by atoms with van der Waals surface area (Å²) in [4.78, 5) is 11.2. The van der Waals surface area contributed by atoms with E-state index >= 15 is 0 Å². The monoisotopic (exact) mass is 203 g/mol. The van der Waals surface area contributed by atoms with Gasteiger partial charge in [0.1, 0.15) is 5.54 Å². The molecule has 2 N–H and O–H groups in total. The number of esters is 1. The summed E-state index contributed by atoms with van der Waals surface area (Å²) in [5.41, 5.74) is 4.80. The largest absolute Gasteiger partial charge is 0.468 e. The molecule has 1 unspecified atom stereocenters. The lowest BCUT2D eigenvalue weighted by Crippen LogP contribution is -2.46. The molecule has 14 heavy (non-hydrogen) atoms. The quantitative estimate of drug-likeness (QED) is 0.497. The highest BCUT2D eigenvalue weighted by molar-refractivity contribution is 5.79. The van der Waals surface area contributed by atoms with Crippen LogP contribution in [-0.2, 0) is 14.3 Å². The molecule has 0 spiro atoms. The molecule has 0 aromatic rings. The van der Waals surface area contributed by atoms with Crippen LogP contribution in [0.2, 0.25) is 0 Å². The summed E-state index contributed by atoms with van der Waals surface area (Å²) in [5, 5.41) is 0. The highest BCUT2D eigenvalue weighted by atomic mass is 16.5. The van der Waals surface area contributed by atoms with Crippen molar-refractivity contribution in [1.29, 1.82) is 0 Å². The van der Waals surface area contributed by atoms with Crippen LogP contribution in [0.1, 0.15) is 33.1 Å². The first kappa shape index (κ1) is 13.4. The summed E-state index contributed by atoms with van der Waals surface area (Å²) in [7, 11) is 1.34. The molecule has 0 radical (unpaired) electrons. The van der Waals surface area contributed by atoms with Crippen LogP contribution in [0.5, 0.6) is 0 Å². The van der Waals surface area contributed by atoms with Crippen LogP contribution in [0.3, 0.4) is 0 Å². The van der Waals surface area contributed by atoms with Crippen molar-refractivity contribution in [2.75, 3.05) is 20.3 Å². The van der Waals surface area contributed by atoms with Crippen LogP contribution in [0.25, 0.3) is 0 Å². The summed E-state index contributed by atoms with van der Waals surface area (Å²) < 4.78 is 9.89. The second-order valence-corrected chi connectivity index (χ2v) is 3.62. The number of unbranched alkanes of at least 4 members (excludes halogenated alkanes) is 1. The Morgan fingerprint density at radius 3 is 2.57 bits per heavy atom. The average Bonchev–Trinajstić information content (AvgIpc) is 2.16. The smallest absolute Gasteiger partial charge is 0.325 e. The summed E-state index contributed by atoms with van der Waals surface area (Å²) in [6.07, 6.45) is 2.64. The van der Waals surface area contributed by atoms with Gasteiger partial charge >= 0.3 is 5.97 Å². The van der Waals surface area contributed by atoms with Crippen molar-refractivity contribution in [3.63, 3.8) is 0 Å². The number of methoxy groups -OCH3 is 1. The Balaban J connectivity index is 3.60. The summed E-state index contributed by atoms with van der Waals surface area (Å²) in [5.74, 6) is -0.392. The van der Waals surface area contributed by atoms with E-state index in [0.717, 1.165) is 19.4 Å². The van der Waals surface area contributed by atoms with E-state index in [9.17, 15) is 4.79 Å². The lowest BCUT2D eigenvalue weighted by atomic mass is 10.0. The van der Waals surface area contributed by atoms with Gasteiger partial charge in [0.25, 0.3) is 0 Å². The molecule has 0 fully saturated rings. The van der Waals surface area contributed by atoms with Crippen molar-refractivity contribution in [2.24, 2.45) is 5.73 Å². The predicted molar refractivity (Wildman–Crippen MR) is 55.0 cm³/mol. The predicted octanol–water partition coefficient (Wildman–Crippen LogP) is 1.08. The van der Waals surface area contributed by atoms with Crippen molar-refractivity contribution < 1.29 is 14.3 Å². The maximum atomic E-state index is 11.2. The van der Waals surface area contributed by atoms with Gasteiger partial charge in [0, 0.05) is 13.2 Å². The summed E-state index contributed by atoms with van der Waals surface area (Å²) >= 11 is 0. The number of hydrogen-bond donors (Lipinski definition) is 1. The number of hydrogen-bond acceptors (Lipinski definition) is 4. The summed E-state index contributed by atoms with van der Waals surface area (Å²) in [6, 6.07) is 0. The second kappa shape index (κ2) is 6.79. The van der Waals surface area contributed by atoms with Gasteiger partial charge in [-0.1, -0.05) is 13.3 Å². The van der Waals surface area contributed by atoms with E-state index in [1.165, 1.54) is 7.11 Å². The van der Waals surface area contributed by atoms with Crippen molar-refractivity contribution >= 4 is 5.97 Å². The van der Waals surface area contributed by atoms with Crippen LogP contribution in [0, 0.1) is 0 Å². The number of rotatable bonds is 7. The first-order valence-corrected chi connectivity index (χ1v) is 4.99. The van der Waals surface area contributed by atoms with Crippen LogP contribution in [0.4, 0.5) is 0 Å². The number of carbonyl (C=O) groups excluding carboxylic acids is 1. The SMILES string of the molecule is CCCCOCCC(C)(N)C(=O)OC. The van der Waals surface area contributed by atoms with Gasteiger partial charge in [0.2, 0.25) is 0 Å². The van der Waals surface area contributed by atoms with Gasteiger partial charge in [-0.05, 0) is 19.8 Å². The van der Waals surface area contributed by atoms with Crippen molar-refractivity contribution in [3.05, 3.63) is 0 Å². The van der Waals surface area contributed by atoms with Crippen molar-refractivity contribution in [2.45, 2.75) is 38.6 Å². The fourth-order valence-corrected chi connectivity index (χ4v) is 0.968. The summed E-state index contributed by atoms with van der Waals surface area (Å²) in [6.45, 7) is 4.99. The average molecular weight is 203 g/mol.